The first-order valence-electron chi connectivity index (χ1n) is 6.28. The second-order valence-electron chi connectivity index (χ2n) is 4.48. The van der Waals surface area contributed by atoms with Gasteiger partial charge in [-0.3, -0.25) is 4.79 Å². The SMILES string of the molecule is CCCCCC(=O)Nc1cccc(S(N)(=O)=O)c1C. The zero-order chi connectivity index (χ0) is 14.5. The number of hydrogen-bond acceptors (Lipinski definition) is 3. The number of sulfonamides is 1. The Morgan fingerprint density at radius 1 is 1.32 bits per heavy atom. The van der Waals surface area contributed by atoms with Crippen LogP contribution >= 0.6 is 0 Å². The lowest BCUT2D eigenvalue weighted by atomic mass is 10.1. The highest BCUT2D eigenvalue weighted by atomic mass is 32.2. The van der Waals surface area contributed by atoms with Crippen molar-refractivity contribution in [1.29, 1.82) is 0 Å². The van der Waals surface area contributed by atoms with Crippen LogP contribution in [0.15, 0.2) is 23.1 Å². The van der Waals surface area contributed by atoms with Crippen molar-refractivity contribution in [2.75, 3.05) is 5.32 Å². The van der Waals surface area contributed by atoms with Crippen molar-refractivity contribution in [3.63, 3.8) is 0 Å². The third-order valence-corrected chi connectivity index (χ3v) is 3.93. The van der Waals surface area contributed by atoms with Crippen molar-refractivity contribution >= 4 is 21.6 Å². The van der Waals surface area contributed by atoms with E-state index in [4.69, 9.17) is 5.14 Å². The number of nitrogens with two attached hydrogens (primary N) is 1. The number of nitrogens with one attached hydrogen (secondary N) is 1. The topological polar surface area (TPSA) is 89.3 Å². The van der Waals surface area contributed by atoms with E-state index in [1.165, 1.54) is 6.07 Å². The molecule has 1 aromatic carbocycles. The maximum absolute atomic E-state index is 11.7. The van der Waals surface area contributed by atoms with E-state index in [0.29, 0.717) is 17.7 Å². The molecule has 6 heteroatoms. The van der Waals surface area contributed by atoms with Gasteiger partial charge in [-0.25, -0.2) is 13.6 Å². The van der Waals surface area contributed by atoms with E-state index >= 15 is 0 Å². The molecule has 5 nitrogen and oxygen atoms in total. The summed E-state index contributed by atoms with van der Waals surface area (Å²) in [6.45, 7) is 3.69. The molecule has 0 aliphatic carbocycles. The number of primary sulfonamides is 1. The van der Waals surface area contributed by atoms with Crippen LogP contribution in [-0.2, 0) is 14.8 Å². The standard InChI is InChI=1S/C13H20N2O3S/c1-3-4-5-9-13(16)15-11-7-6-8-12(10(11)2)19(14,17)18/h6-8H,3-5,9H2,1-2H3,(H,15,16)(H2,14,17,18). The van der Waals surface area contributed by atoms with Gasteiger partial charge in [0, 0.05) is 12.1 Å². The molecule has 0 aromatic heterocycles. The Labute approximate surface area is 114 Å². The highest BCUT2D eigenvalue weighted by Crippen LogP contribution is 2.22. The van der Waals surface area contributed by atoms with Crippen LogP contribution in [0.2, 0.25) is 0 Å². The Balaban J connectivity index is 2.83. The lowest BCUT2D eigenvalue weighted by molar-refractivity contribution is -0.116. The summed E-state index contributed by atoms with van der Waals surface area (Å²) in [6.07, 6.45) is 3.32. The van der Waals surface area contributed by atoms with Crippen LogP contribution < -0.4 is 10.5 Å². The summed E-state index contributed by atoms with van der Waals surface area (Å²) < 4.78 is 22.7. The fraction of sp³-hybridized carbons (Fsp3) is 0.462. The zero-order valence-electron chi connectivity index (χ0n) is 11.3. The van der Waals surface area contributed by atoms with E-state index in [1.807, 2.05) is 0 Å². The largest absolute Gasteiger partial charge is 0.326 e. The van der Waals surface area contributed by atoms with Crippen LogP contribution in [0, 0.1) is 6.92 Å². The van der Waals surface area contributed by atoms with Gasteiger partial charge in [-0.1, -0.05) is 25.8 Å². The number of rotatable bonds is 6. The summed E-state index contributed by atoms with van der Waals surface area (Å²) >= 11 is 0. The monoisotopic (exact) mass is 284 g/mol. The Morgan fingerprint density at radius 3 is 2.58 bits per heavy atom. The molecule has 0 heterocycles. The smallest absolute Gasteiger partial charge is 0.238 e. The maximum Gasteiger partial charge on any atom is 0.238 e. The lowest BCUT2D eigenvalue weighted by Crippen LogP contribution is -2.16. The molecular formula is C13H20N2O3S. The van der Waals surface area contributed by atoms with E-state index in [9.17, 15) is 13.2 Å². The van der Waals surface area contributed by atoms with Crippen LogP contribution in [0.1, 0.15) is 38.2 Å². The molecule has 0 spiro atoms. The van der Waals surface area contributed by atoms with Gasteiger partial charge >= 0.3 is 0 Å². The molecule has 1 aromatic rings. The second-order valence-corrected chi connectivity index (χ2v) is 6.01. The van der Waals surface area contributed by atoms with Gasteiger partial charge in [-0.05, 0) is 31.0 Å². The summed E-state index contributed by atoms with van der Waals surface area (Å²) in [5.41, 5.74) is 0.960. The van der Waals surface area contributed by atoms with Crippen molar-refractivity contribution < 1.29 is 13.2 Å². The van der Waals surface area contributed by atoms with Crippen LogP contribution in [0.5, 0.6) is 0 Å². The van der Waals surface area contributed by atoms with E-state index in [0.717, 1.165) is 19.3 Å². The van der Waals surface area contributed by atoms with Crippen molar-refractivity contribution in [3.05, 3.63) is 23.8 Å². The number of anilines is 1. The average Bonchev–Trinajstić information content (AvgIpc) is 2.30. The molecular weight excluding hydrogens is 264 g/mol. The van der Waals surface area contributed by atoms with E-state index < -0.39 is 10.0 Å². The molecule has 0 saturated carbocycles. The number of amides is 1. The van der Waals surface area contributed by atoms with Gasteiger partial charge in [0.05, 0.1) is 4.90 Å². The van der Waals surface area contributed by atoms with Gasteiger partial charge < -0.3 is 5.32 Å². The van der Waals surface area contributed by atoms with Gasteiger partial charge in [0.1, 0.15) is 0 Å². The van der Waals surface area contributed by atoms with Crippen molar-refractivity contribution in [3.8, 4) is 0 Å². The molecule has 0 fully saturated rings. The molecule has 0 aliphatic rings. The maximum atomic E-state index is 11.7. The molecule has 0 unspecified atom stereocenters. The average molecular weight is 284 g/mol. The summed E-state index contributed by atoms with van der Waals surface area (Å²) in [4.78, 5) is 11.7. The first-order chi connectivity index (χ1) is 8.86. The molecule has 3 N–H and O–H groups in total. The number of unbranched alkanes of at least 4 members (excludes halogenated alkanes) is 2. The summed E-state index contributed by atoms with van der Waals surface area (Å²) in [6, 6.07) is 4.66. The van der Waals surface area contributed by atoms with Gasteiger partial charge in [0.25, 0.3) is 0 Å². The summed E-state index contributed by atoms with van der Waals surface area (Å²) in [5.74, 6) is -0.108. The number of benzene rings is 1. The predicted octanol–water partition coefficient (Wildman–Crippen LogP) is 2.16. The van der Waals surface area contributed by atoms with Gasteiger partial charge in [-0.15, -0.1) is 0 Å². The third-order valence-electron chi connectivity index (χ3n) is 2.87. The van der Waals surface area contributed by atoms with Crippen LogP contribution in [0.3, 0.4) is 0 Å². The third kappa shape index (κ3) is 4.65. The molecule has 0 aliphatic heterocycles. The summed E-state index contributed by atoms with van der Waals surface area (Å²) in [7, 11) is -3.76. The van der Waals surface area contributed by atoms with Crippen molar-refractivity contribution in [2.24, 2.45) is 5.14 Å². The lowest BCUT2D eigenvalue weighted by Gasteiger charge is -2.11. The minimum absolute atomic E-state index is 0.0406. The summed E-state index contributed by atoms with van der Waals surface area (Å²) in [5, 5.41) is 7.84. The Morgan fingerprint density at radius 2 is 2.00 bits per heavy atom. The van der Waals surface area contributed by atoms with Gasteiger partial charge in [0.2, 0.25) is 15.9 Å². The Hall–Kier alpha value is -1.40. The molecule has 0 radical (unpaired) electrons. The molecule has 0 bridgehead atoms. The highest BCUT2D eigenvalue weighted by molar-refractivity contribution is 7.89. The predicted molar refractivity (Wildman–Crippen MR) is 75.3 cm³/mol. The second kappa shape index (κ2) is 6.68. The van der Waals surface area contributed by atoms with Crippen LogP contribution in [-0.4, -0.2) is 14.3 Å². The molecule has 1 amide bonds. The van der Waals surface area contributed by atoms with Crippen LogP contribution in [0.4, 0.5) is 5.69 Å². The fourth-order valence-electron chi connectivity index (χ4n) is 1.81. The van der Waals surface area contributed by atoms with Crippen LogP contribution in [0.25, 0.3) is 0 Å². The first kappa shape index (κ1) is 15.7. The van der Waals surface area contributed by atoms with Crippen molar-refractivity contribution in [1.82, 2.24) is 0 Å². The van der Waals surface area contributed by atoms with E-state index in [2.05, 4.69) is 12.2 Å². The molecule has 106 valence electrons. The number of carbonyl (C=O) groups is 1. The minimum atomic E-state index is -3.76. The molecule has 0 saturated heterocycles. The quantitative estimate of drug-likeness (QED) is 0.784. The van der Waals surface area contributed by atoms with E-state index in [-0.39, 0.29) is 10.8 Å². The number of hydrogen-bond donors (Lipinski definition) is 2. The van der Waals surface area contributed by atoms with Gasteiger partial charge in [0.15, 0.2) is 0 Å². The highest BCUT2D eigenvalue weighted by Gasteiger charge is 2.14. The molecule has 1 rings (SSSR count). The fourth-order valence-corrected chi connectivity index (χ4v) is 2.61. The first-order valence-corrected chi connectivity index (χ1v) is 7.83. The zero-order valence-corrected chi connectivity index (χ0v) is 12.1. The Bertz CT molecular complexity index is 553. The van der Waals surface area contributed by atoms with Crippen molar-refractivity contribution in [2.45, 2.75) is 44.4 Å². The molecule has 0 atom stereocenters. The Kier molecular flexibility index (Phi) is 5.50. The number of carbonyl (C=O) groups excluding carboxylic acids is 1. The van der Waals surface area contributed by atoms with Gasteiger partial charge in [-0.2, -0.15) is 0 Å². The normalized spacial score (nSPS) is 11.3. The molecule has 19 heavy (non-hydrogen) atoms. The minimum Gasteiger partial charge on any atom is -0.326 e. The van der Waals surface area contributed by atoms with E-state index in [1.54, 1.807) is 19.1 Å².